The minimum atomic E-state index is -0.0998. The molecule has 0 radical (unpaired) electrons. The smallest absolute Gasteiger partial charge is 0.221 e. The quantitative estimate of drug-likeness (QED) is 0.500. The average Bonchev–Trinajstić information content (AvgIpc) is 2.00. The predicted molar refractivity (Wildman–Crippen MR) is 50.4 cm³/mol. The number of rotatable bonds is 3. The number of amides is 1. The molecule has 0 spiro atoms. The van der Waals surface area contributed by atoms with E-state index < -0.39 is 0 Å². The summed E-state index contributed by atoms with van der Waals surface area (Å²) in [7, 11) is 0. The summed E-state index contributed by atoms with van der Waals surface area (Å²) < 4.78 is 0. The average molecular weight is 163 g/mol. The molecule has 0 aromatic heterocycles. The third-order valence-electron chi connectivity index (χ3n) is 1.05. The second kappa shape index (κ2) is 6.20. The van der Waals surface area contributed by atoms with E-state index in [0.29, 0.717) is 5.70 Å². The number of nitrogens with one attached hydrogen (secondary N) is 1. The summed E-state index contributed by atoms with van der Waals surface area (Å²) in [4.78, 5) is 10.6. The van der Waals surface area contributed by atoms with Gasteiger partial charge in [-0.1, -0.05) is 18.7 Å². The van der Waals surface area contributed by atoms with Gasteiger partial charge in [-0.3, -0.25) is 4.79 Å². The first kappa shape index (κ1) is 10.5. The highest BCUT2D eigenvalue weighted by atomic mass is 16.1. The second-order valence-electron chi connectivity index (χ2n) is 2.18. The van der Waals surface area contributed by atoms with Gasteiger partial charge < -0.3 is 5.32 Å². The summed E-state index contributed by atoms with van der Waals surface area (Å²) in [5.74, 6) is -0.0998. The molecule has 2 nitrogen and oxygen atoms in total. The van der Waals surface area contributed by atoms with Crippen LogP contribution in [0.2, 0.25) is 0 Å². The molecule has 0 aliphatic rings. The van der Waals surface area contributed by atoms with Crippen LogP contribution in [0.15, 0.2) is 42.3 Å². The monoisotopic (exact) mass is 163 g/mol. The Balaban J connectivity index is 4.42. The van der Waals surface area contributed by atoms with Gasteiger partial charge in [0.2, 0.25) is 5.91 Å². The second-order valence-corrected chi connectivity index (χ2v) is 2.18. The van der Waals surface area contributed by atoms with E-state index in [9.17, 15) is 4.79 Å². The van der Waals surface area contributed by atoms with Crippen LogP contribution >= 0.6 is 0 Å². The van der Waals surface area contributed by atoms with E-state index >= 15 is 0 Å². The van der Waals surface area contributed by atoms with Crippen molar-refractivity contribution in [3.05, 3.63) is 42.3 Å². The van der Waals surface area contributed by atoms with Crippen LogP contribution in [0, 0.1) is 0 Å². The summed E-state index contributed by atoms with van der Waals surface area (Å²) in [6.45, 7) is 6.78. The van der Waals surface area contributed by atoms with Crippen molar-refractivity contribution >= 4 is 5.91 Å². The minimum absolute atomic E-state index is 0.0998. The van der Waals surface area contributed by atoms with Crippen LogP contribution in [-0.2, 0) is 4.79 Å². The van der Waals surface area contributed by atoms with Gasteiger partial charge in [0.25, 0.3) is 0 Å². The maximum Gasteiger partial charge on any atom is 0.221 e. The zero-order chi connectivity index (χ0) is 9.40. The summed E-state index contributed by atoms with van der Waals surface area (Å²) in [6.07, 6.45) is 7.10. The van der Waals surface area contributed by atoms with Gasteiger partial charge in [-0.15, -0.1) is 5.73 Å². The number of hydrogen-bond donors (Lipinski definition) is 1. The molecule has 1 amide bonds. The lowest BCUT2D eigenvalue weighted by atomic mass is 10.3. The van der Waals surface area contributed by atoms with Gasteiger partial charge in [0.05, 0.1) is 0 Å². The molecule has 1 N–H and O–H groups in total. The van der Waals surface area contributed by atoms with E-state index in [1.54, 1.807) is 12.2 Å². The summed E-state index contributed by atoms with van der Waals surface area (Å²) in [6, 6.07) is 0. The first-order chi connectivity index (χ1) is 5.70. The van der Waals surface area contributed by atoms with E-state index in [1.807, 2.05) is 19.1 Å². The van der Waals surface area contributed by atoms with Crippen LogP contribution < -0.4 is 5.32 Å². The van der Waals surface area contributed by atoms with Crippen molar-refractivity contribution in [1.82, 2.24) is 5.32 Å². The maximum absolute atomic E-state index is 10.6. The van der Waals surface area contributed by atoms with E-state index in [4.69, 9.17) is 0 Å². The van der Waals surface area contributed by atoms with Crippen molar-refractivity contribution in [3.63, 3.8) is 0 Å². The third kappa shape index (κ3) is 5.27. The number of hydrogen-bond acceptors (Lipinski definition) is 1. The van der Waals surface area contributed by atoms with Crippen molar-refractivity contribution in [2.24, 2.45) is 0 Å². The number of carbonyl (C=O) groups is 1. The fourth-order valence-corrected chi connectivity index (χ4v) is 0.639. The van der Waals surface area contributed by atoms with Crippen molar-refractivity contribution in [2.45, 2.75) is 13.8 Å². The van der Waals surface area contributed by atoms with Gasteiger partial charge in [-0.25, -0.2) is 0 Å². The van der Waals surface area contributed by atoms with Crippen LogP contribution in [0.3, 0.4) is 0 Å². The van der Waals surface area contributed by atoms with Gasteiger partial charge in [0.15, 0.2) is 0 Å². The zero-order valence-corrected chi connectivity index (χ0v) is 7.42. The van der Waals surface area contributed by atoms with Crippen LogP contribution in [0.4, 0.5) is 0 Å². The van der Waals surface area contributed by atoms with E-state index in [0.717, 1.165) is 0 Å². The molecule has 12 heavy (non-hydrogen) atoms. The highest BCUT2D eigenvalue weighted by molar-refractivity contribution is 5.75. The third-order valence-corrected chi connectivity index (χ3v) is 1.05. The van der Waals surface area contributed by atoms with Crippen molar-refractivity contribution in [2.75, 3.05) is 0 Å². The molecule has 0 atom stereocenters. The lowest BCUT2D eigenvalue weighted by Crippen LogP contribution is -2.17. The molecule has 0 aliphatic carbocycles. The first-order valence-electron chi connectivity index (χ1n) is 3.67. The van der Waals surface area contributed by atoms with E-state index in [1.165, 1.54) is 6.92 Å². The SMILES string of the molecule is C=C=CC(=CC=CC)NC(C)=O. The Morgan fingerprint density at radius 1 is 1.58 bits per heavy atom. The normalized spacial score (nSPS) is 11.0. The maximum atomic E-state index is 10.6. The molecule has 64 valence electrons. The summed E-state index contributed by atoms with van der Waals surface area (Å²) in [5.41, 5.74) is 3.28. The lowest BCUT2D eigenvalue weighted by Gasteiger charge is -1.98. The highest BCUT2D eigenvalue weighted by Crippen LogP contribution is 1.91. The fourth-order valence-electron chi connectivity index (χ4n) is 0.639. The molecule has 2 heteroatoms. The molecule has 0 rings (SSSR count). The van der Waals surface area contributed by atoms with E-state index in [2.05, 4.69) is 17.6 Å². The Labute approximate surface area is 73.0 Å². The molecule has 0 aromatic rings. The van der Waals surface area contributed by atoms with Crippen molar-refractivity contribution in [1.29, 1.82) is 0 Å². The number of carbonyl (C=O) groups excluding carboxylic acids is 1. The van der Waals surface area contributed by atoms with Gasteiger partial charge in [0.1, 0.15) is 0 Å². The molecule has 0 aromatic carbocycles. The molecular weight excluding hydrogens is 150 g/mol. The minimum Gasteiger partial charge on any atom is -0.326 e. The van der Waals surface area contributed by atoms with Crippen molar-refractivity contribution < 1.29 is 4.79 Å². The molecular formula is C10H13NO. The lowest BCUT2D eigenvalue weighted by molar-refractivity contribution is -0.118. The van der Waals surface area contributed by atoms with Crippen LogP contribution in [0.25, 0.3) is 0 Å². The largest absolute Gasteiger partial charge is 0.326 e. The topological polar surface area (TPSA) is 29.1 Å². The zero-order valence-electron chi connectivity index (χ0n) is 7.42. The Morgan fingerprint density at radius 3 is 2.67 bits per heavy atom. The Bertz CT molecular complexity index is 255. The molecule has 0 aliphatic heterocycles. The Hall–Kier alpha value is -1.53. The molecule has 0 bridgehead atoms. The molecule has 0 saturated carbocycles. The standard InChI is InChI=1S/C10H13NO/c1-4-6-8-10(7-5-2)11-9(3)12/h4,6-8H,2H2,1,3H3,(H,11,12). The molecule has 0 fully saturated rings. The van der Waals surface area contributed by atoms with Crippen molar-refractivity contribution in [3.8, 4) is 0 Å². The van der Waals surface area contributed by atoms with Gasteiger partial charge in [-0.2, -0.15) is 0 Å². The number of allylic oxidation sites excluding steroid dienone is 4. The van der Waals surface area contributed by atoms with Gasteiger partial charge in [0, 0.05) is 18.7 Å². The van der Waals surface area contributed by atoms with Crippen LogP contribution in [0.5, 0.6) is 0 Å². The summed E-state index contributed by atoms with van der Waals surface area (Å²) in [5, 5.41) is 2.63. The van der Waals surface area contributed by atoms with Crippen LogP contribution in [-0.4, -0.2) is 5.91 Å². The Kier molecular flexibility index (Phi) is 5.41. The predicted octanol–water partition coefficient (Wildman–Crippen LogP) is 1.92. The summed E-state index contributed by atoms with van der Waals surface area (Å²) >= 11 is 0. The van der Waals surface area contributed by atoms with Crippen LogP contribution in [0.1, 0.15) is 13.8 Å². The first-order valence-corrected chi connectivity index (χ1v) is 3.67. The highest BCUT2D eigenvalue weighted by Gasteiger charge is 1.91. The Morgan fingerprint density at radius 2 is 2.25 bits per heavy atom. The van der Waals surface area contributed by atoms with Gasteiger partial charge in [-0.05, 0) is 13.0 Å². The van der Waals surface area contributed by atoms with E-state index in [-0.39, 0.29) is 5.91 Å². The molecule has 0 saturated heterocycles. The molecule has 0 heterocycles. The fraction of sp³-hybridized carbons (Fsp3) is 0.200. The molecule has 0 unspecified atom stereocenters. The van der Waals surface area contributed by atoms with Gasteiger partial charge >= 0.3 is 0 Å².